The maximum Gasteiger partial charge on any atom is 0.146 e. The molecule has 0 amide bonds. The number of hydrogen-bond donors (Lipinski definition) is 1. The van der Waals surface area contributed by atoms with E-state index in [4.69, 9.17) is 0 Å². The number of rotatable bonds is 6. The molecule has 0 radical (unpaired) electrons. The lowest BCUT2D eigenvalue weighted by Crippen LogP contribution is -2.23. The van der Waals surface area contributed by atoms with Gasteiger partial charge in [-0.25, -0.2) is 4.39 Å². The zero-order valence-corrected chi connectivity index (χ0v) is 12.8. The van der Waals surface area contributed by atoms with Crippen LogP contribution < -0.4 is 10.2 Å². The van der Waals surface area contributed by atoms with Crippen LogP contribution in [-0.2, 0) is 13.1 Å². The van der Waals surface area contributed by atoms with Crippen LogP contribution in [0.5, 0.6) is 0 Å². The van der Waals surface area contributed by atoms with Crippen LogP contribution in [0.4, 0.5) is 10.1 Å². The second-order valence-electron chi connectivity index (χ2n) is 5.46. The number of nitrogens with zero attached hydrogens (tertiary/aromatic N) is 2. The average Bonchev–Trinajstić information content (AvgIpc) is 2.46. The monoisotopic (exact) mass is 287 g/mol. The number of hydrogen-bond acceptors (Lipinski definition) is 3. The second-order valence-corrected chi connectivity index (χ2v) is 5.46. The molecule has 0 bridgehead atoms. The summed E-state index contributed by atoms with van der Waals surface area (Å²) in [7, 11) is 1.87. The fraction of sp³-hybridized carbons (Fsp3) is 0.353. The van der Waals surface area contributed by atoms with Gasteiger partial charge in [0.2, 0.25) is 0 Å². The Kier molecular flexibility index (Phi) is 5.28. The molecule has 0 saturated heterocycles. The summed E-state index contributed by atoms with van der Waals surface area (Å²) in [4.78, 5) is 6.49. The van der Waals surface area contributed by atoms with Crippen molar-refractivity contribution in [1.29, 1.82) is 0 Å². The smallest absolute Gasteiger partial charge is 0.146 e. The molecule has 0 aliphatic heterocycles. The molecule has 0 aliphatic rings. The number of anilines is 1. The van der Waals surface area contributed by atoms with E-state index in [9.17, 15) is 4.39 Å². The Morgan fingerprint density at radius 2 is 1.81 bits per heavy atom. The third kappa shape index (κ3) is 4.53. The van der Waals surface area contributed by atoms with Crippen molar-refractivity contribution in [1.82, 2.24) is 10.3 Å². The zero-order chi connectivity index (χ0) is 15.2. The molecule has 1 aromatic heterocycles. The Bertz CT molecular complexity index is 584. The van der Waals surface area contributed by atoms with Crippen molar-refractivity contribution in [3.8, 4) is 0 Å². The Hall–Kier alpha value is -1.94. The van der Waals surface area contributed by atoms with Gasteiger partial charge in [-0.15, -0.1) is 0 Å². The van der Waals surface area contributed by atoms with Gasteiger partial charge in [0.1, 0.15) is 5.82 Å². The molecule has 2 rings (SSSR count). The van der Waals surface area contributed by atoms with Gasteiger partial charge in [0.05, 0.1) is 23.6 Å². The van der Waals surface area contributed by atoms with Gasteiger partial charge < -0.3 is 10.2 Å². The molecule has 0 aliphatic carbocycles. The summed E-state index contributed by atoms with van der Waals surface area (Å²) in [6.07, 6.45) is 0. The van der Waals surface area contributed by atoms with E-state index in [0.29, 0.717) is 18.3 Å². The van der Waals surface area contributed by atoms with Crippen LogP contribution in [0.3, 0.4) is 0 Å². The lowest BCUT2D eigenvalue weighted by molar-refractivity contribution is 0.579. The van der Waals surface area contributed by atoms with Crippen LogP contribution in [-0.4, -0.2) is 18.1 Å². The quantitative estimate of drug-likeness (QED) is 0.883. The Labute approximate surface area is 125 Å². The molecule has 112 valence electrons. The molecule has 0 atom stereocenters. The summed E-state index contributed by atoms with van der Waals surface area (Å²) >= 11 is 0. The van der Waals surface area contributed by atoms with E-state index in [-0.39, 0.29) is 5.82 Å². The minimum absolute atomic E-state index is 0.211. The van der Waals surface area contributed by atoms with Crippen LogP contribution in [0, 0.1) is 5.82 Å². The molecule has 1 heterocycles. The van der Waals surface area contributed by atoms with Crippen LogP contribution >= 0.6 is 0 Å². The topological polar surface area (TPSA) is 28.2 Å². The predicted octanol–water partition coefficient (Wildman–Crippen LogP) is 3.36. The minimum atomic E-state index is -0.211. The molecular formula is C17H22FN3. The van der Waals surface area contributed by atoms with E-state index in [0.717, 1.165) is 17.9 Å². The highest BCUT2D eigenvalue weighted by atomic mass is 19.1. The lowest BCUT2D eigenvalue weighted by Gasteiger charge is -2.19. The van der Waals surface area contributed by atoms with E-state index in [1.54, 1.807) is 12.1 Å². The molecule has 2 aromatic rings. The van der Waals surface area contributed by atoms with E-state index < -0.39 is 0 Å². The van der Waals surface area contributed by atoms with Crippen LogP contribution in [0.1, 0.15) is 25.2 Å². The molecule has 0 saturated carbocycles. The molecule has 3 nitrogen and oxygen atoms in total. The number of para-hydroxylation sites is 1. The van der Waals surface area contributed by atoms with Gasteiger partial charge in [-0.05, 0) is 24.3 Å². The summed E-state index contributed by atoms with van der Waals surface area (Å²) in [6, 6.07) is 13.2. The van der Waals surface area contributed by atoms with Gasteiger partial charge in [-0.2, -0.15) is 0 Å². The number of benzene rings is 1. The largest absolute Gasteiger partial charge is 0.366 e. The first-order valence-electron chi connectivity index (χ1n) is 7.20. The molecule has 0 unspecified atom stereocenters. The van der Waals surface area contributed by atoms with Crippen molar-refractivity contribution in [3.63, 3.8) is 0 Å². The summed E-state index contributed by atoms with van der Waals surface area (Å²) in [5, 5.41) is 3.35. The first-order valence-corrected chi connectivity index (χ1v) is 7.20. The fourth-order valence-corrected chi connectivity index (χ4v) is 2.11. The standard InChI is InChI=1S/C17H22FN3/c1-13(2)19-11-14-7-6-8-15(20-14)12-21(3)17-10-5-4-9-16(17)18/h4-10,13,19H,11-12H2,1-3H3. The van der Waals surface area contributed by atoms with Gasteiger partial charge >= 0.3 is 0 Å². The van der Waals surface area contributed by atoms with Crippen molar-refractivity contribution in [2.24, 2.45) is 0 Å². The molecule has 1 aromatic carbocycles. The third-order valence-corrected chi connectivity index (χ3v) is 3.22. The van der Waals surface area contributed by atoms with E-state index in [1.807, 2.05) is 36.2 Å². The highest BCUT2D eigenvalue weighted by Gasteiger charge is 2.08. The molecular weight excluding hydrogens is 265 g/mol. The number of pyridine rings is 1. The summed E-state index contributed by atoms with van der Waals surface area (Å²) in [6.45, 7) is 5.54. The molecule has 4 heteroatoms. The average molecular weight is 287 g/mol. The van der Waals surface area contributed by atoms with Gasteiger partial charge in [-0.3, -0.25) is 4.98 Å². The Balaban J connectivity index is 2.05. The molecule has 21 heavy (non-hydrogen) atoms. The number of nitrogens with one attached hydrogen (secondary N) is 1. The van der Waals surface area contributed by atoms with Crippen molar-refractivity contribution >= 4 is 5.69 Å². The Morgan fingerprint density at radius 3 is 2.52 bits per heavy atom. The Morgan fingerprint density at radius 1 is 1.10 bits per heavy atom. The number of halogens is 1. The predicted molar refractivity (Wildman–Crippen MR) is 84.7 cm³/mol. The highest BCUT2D eigenvalue weighted by Crippen LogP contribution is 2.18. The molecule has 1 N–H and O–H groups in total. The normalized spacial score (nSPS) is 10.9. The van der Waals surface area contributed by atoms with Gasteiger partial charge in [-0.1, -0.05) is 32.0 Å². The van der Waals surface area contributed by atoms with Crippen LogP contribution in [0.15, 0.2) is 42.5 Å². The SMILES string of the molecule is CC(C)NCc1cccc(CN(C)c2ccccc2F)n1. The fourth-order valence-electron chi connectivity index (χ4n) is 2.11. The van der Waals surface area contributed by atoms with Gasteiger partial charge in [0, 0.05) is 19.6 Å². The van der Waals surface area contributed by atoms with Crippen molar-refractivity contribution < 1.29 is 4.39 Å². The highest BCUT2D eigenvalue weighted by molar-refractivity contribution is 5.46. The van der Waals surface area contributed by atoms with E-state index in [1.165, 1.54) is 6.07 Å². The maximum atomic E-state index is 13.8. The minimum Gasteiger partial charge on any atom is -0.366 e. The van der Waals surface area contributed by atoms with Crippen molar-refractivity contribution in [3.05, 3.63) is 59.7 Å². The number of aromatic nitrogens is 1. The third-order valence-electron chi connectivity index (χ3n) is 3.22. The van der Waals surface area contributed by atoms with Crippen LogP contribution in [0.2, 0.25) is 0 Å². The van der Waals surface area contributed by atoms with Crippen molar-refractivity contribution in [2.45, 2.75) is 33.0 Å². The first kappa shape index (κ1) is 15.4. The lowest BCUT2D eigenvalue weighted by atomic mass is 10.2. The van der Waals surface area contributed by atoms with Gasteiger partial charge in [0.15, 0.2) is 0 Å². The van der Waals surface area contributed by atoms with Crippen LogP contribution in [0.25, 0.3) is 0 Å². The molecule has 0 spiro atoms. The summed E-state index contributed by atoms with van der Waals surface area (Å²) in [5.41, 5.74) is 2.52. The first-order chi connectivity index (χ1) is 10.1. The van der Waals surface area contributed by atoms with E-state index >= 15 is 0 Å². The molecule has 0 fully saturated rings. The summed E-state index contributed by atoms with van der Waals surface area (Å²) in [5.74, 6) is -0.211. The van der Waals surface area contributed by atoms with E-state index in [2.05, 4.69) is 24.1 Å². The van der Waals surface area contributed by atoms with Crippen molar-refractivity contribution in [2.75, 3.05) is 11.9 Å². The summed E-state index contributed by atoms with van der Waals surface area (Å²) < 4.78 is 13.8. The second kappa shape index (κ2) is 7.18. The van der Waals surface area contributed by atoms with Gasteiger partial charge in [0.25, 0.3) is 0 Å². The maximum absolute atomic E-state index is 13.8. The zero-order valence-electron chi connectivity index (χ0n) is 12.8.